The van der Waals surface area contributed by atoms with Gasteiger partial charge in [0.1, 0.15) is 17.9 Å². The van der Waals surface area contributed by atoms with Gasteiger partial charge in [-0.05, 0) is 17.7 Å². The number of ether oxygens (including phenoxy) is 1. The van der Waals surface area contributed by atoms with Gasteiger partial charge in [-0.1, -0.05) is 12.1 Å². The molecule has 1 N–H and O–H groups in total. The minimum atomic E-state index is -2.83. The van der Waals surface area contributed by atoms with Gasteiger partial charge in [0.25, 0.3) is 0 Å². The van der Waals surface area contributed by atoms with Crippen molar-refractivity contribution in [1.82, 2.24) is 20.2 Å². The maximum Gasteiger partial charge on any atom is 0.387 e. The molecule has 0 amide bonds. The lowest BCUT2D eigenvalue weighted by Crippen LogP contribution is -2.18. The normalized spacial score (nSPS) is 11.1. The van der Waals surface area contributed by atoms with Crippen LogP contribution in [0.3, 0.4) is 0 Å². The van der Waals surface area contributed by atoms with Crippen molar-refractivity contribution in [2.45, 2.75) is 13.2 Å². The molecule has 0 spiro atoms. The lowest BCUT2D eigenvalue weighted by atomic mass is 10.2. The molecule has 0 aliphatic carbocycles. The Kier molecular flexibility index (Phi) is 3.82. The second kappa shape index (κ2) is 5.92. The highest BCUT2D eigenvalue weighted by atomic mass is 19.3. The number of aromatic nitrogens is 4. The van der Waals surface area contributed by atoms with Crippen molar-refractivity contribution in [2.24, 2.45) is 0 Å². The Bertz CT molecular complexity index is 777. The predicted octanol–water partition coefficient (Wildman–Crippen LogP) is 2.59. The molecule has 114 valence electrons. The Balaban J connectivity index is 1.82. The summed E-state index contributed by atoms with van der Waals surface area (Å²) in [5.41, 5.74) is 1.47. The molecule has 1 aromatic carbocycles. The molecule has 0 bridgehead atoms. The van der Waals surface area contributed by atoms with Crippen LogP contribution in [-0.2, 0) is 6.54 Å². The van der Waals surface area contributed by atoms with Gasteiger partial charge in [0.2, 0.25) is 0 Å². The van der Waals surface area contributed by atoms with Gasteiger partial charge in [-0.2, -0.15) is 13.9 Å². The van der Waals surface area contributed by atoms with Crippen LogP contribution in [-0.4, -0.2) is 33.8 Å². The zero-order valence-corrected chi connectivity index (χ0v) is 11.7. The van der Waals surface area contributed by atoms with E-state index in [1.54, 1.807) is 18.3 Å². The summed E-state index contributed by atoms with van der Waals surface area (Å²) in [7, 11) is 1.86. The second-order valence-corrected chi connectivity index (χ2v) is 4.71. The first-order chi connectivity index (χ1) is 10.6. The van der Waals surface area contributed by atoms with E-state index in [0.29, 0.717) is 18.0 Å². The standard InChI is InChI=1S/C14H13F2N5O/c1-21(13-11-6-19-20-12(11)17-8-18-13)7-9-3-2-4-10(5-9)22-14(15)16/h2-6,8,14H,7H2,1H3,(H,17,18,19,20). The lowest BCUT2D eigenvalue weighted by Gasteiger charge is -2.19. The van der Waals surface area contributed by atoms with Gasteiger partial charge in [-0.25, -0.2) is 9.97 Å². The van der Waals surface area contributed by atoms with Gasteiger partial charge < -0.3 is 9.64 Å². The first-order valence-electron chi connectivity index (χ1n) is 6.52. The predicted molar refractivity (Wildman–Crippen MR) is 76.9 cm³/mol. The first-order valence-corrected chi connectivity index (χ1v) is 6.52. The Morgan fingerprint density at radius 2 is 2.18 bits per heavy atom. The van der Waals surface area contributed by atoms with E-state index < -0.39 is 6.61 Å². The summed E-state index contributed by atoms with van der Waals surface area (Å²) in [6.07, 6.45) is 3.10. The number of hydrogen-bond donors (Lipinski definition) is 1. The van der Waals surface area contributed by atoms with E-state index in [9.17, 15) is 8.78 Å². The highest BCUT2D eigenvalue weighted by molar-refractivity contribution is 5.85. The Labute approximate surface area is 124 Å². The molecular weight excluding hydrogens is 292 g/mol. The average Bonchev–Trinajstić information content (AvgIpc) is 2.95. The zero-order chi connectivity index (χ0) is 15.5. The molecule has 2 heterocycles. The fraction of sp³-hybridized carbons (Fsp3) is 0.214. The maximum atomic E-state index is 12.3. The number of H-pyrrole nitrogens is 1. The number of anilines is 1. The molecule has 0 radical (unpaired) electrons. The topological polar surface area (TPSA) is 66.9 Å². The maximum absolute atomic E-state index is 12.3. The van der Waals surface area contributed by atoms with Crippen molar-refractivity contribution in [3.8, 4) is 5.75 Å². The number of benzene rings is 1. The number of hydrogen-bond acceptors (Lipinski definition) is 5. The third-order valence-electron chi connectivity index (χ3n) is 3.13. The first kappa shape index (κ1) is 14.2. The summed E-state index contributed by atoms with van der Waals surface area (Å²) in [5, 5.41) is 7.52. The van der Waals surface area contributed by atoms with Crippen LogP contribution < -0.4 is 9.64 Å². The van der Waals surface area contributed by atoms with Gasteiger partial charge in [0.15, 0.2) is 5.65 Å². The summed E-state index contributed by atoms with van der Waals surface area (Å²) < 4.78 is 28.9. The molecule has 0 fully saturated rings. The quantitative estimate of drug-likeness (QED) is 0.785. The average molecular weight is 305 g/mol. The van der Waals surface area contributed by atoms with Gasteiger partial charge in [-0.3, -0.25) is 5.10 Å². The highest BCUT2D eigenvalue weighted by Crippen LogP contribution is 2.23. The second-order valence-electron chi connectivity index (χ2n) is 4.71. The fourth-order valence-corrected chi connectivity index (χ4v) is 2.23. The molecule has 8 heteroatoms. The smallest absolute Gasteiger partial charge is 0.387 e. The van der Waals surface area contributed by atoms with E-state index in [1.165, 1.54) is 12.4 Å². The molecule has 0 saturated carbocycles. The summed E-state index contributed by atoms with van der Waals surface area (Å²) >= 11 is 0. The molecule has 22 heavy (non-hydrogen) atoms. The van der Waals surface area contributed by atoms with E-state index in [2.05, 4.69) is 24.9 Å². The van der Waals surface area contributed by atoms with Crippen LogP contribution in [0, 0.1) is 0 Å². The SMILES string of the molecule is CN(Cc1cccc(OC(F)F)c1)c1ncnc2[nH]ncc12. The number of fused-ring (bicyclic) bond motifs is 1. The van der Waals surface area contributed by atoms with Crippen LogP contribution >= 0.6 is 0 Å². The van der Waals surface area contributed by atoms with E-state index in [1.807, 2.05) is 18.0 Å². The molecule has 3 rings (SSSR count). The van der Waals surface area contributed by atoms with Gasteiger partial charge in [-0.15, -0.1) is 0 Å². The van der Waals surface area contributed by atoms with Crippen LogP contribution in [0.5, 0.6) is 5.75 Å². The Hall–Kier alpha value is -2.77. The third kappa shape index (κ3) is 2.95. The fourth-order valence-electron chi connectivity index (χ4n) is 2.23. The monoisotopic (exact) mass is 305 g/mol. The van der Waals surface area contributed by atoms with Crippen molar-refractivity contribution in [3.05, 3.63) is 42.4 Å². The van der Waals surface area contributed by atoms with Gasteiger partial charge in [0, 0.05) is 13.6 Å². The summed E-state index contributed by atoms with van der Waals surface area (Å²) in [6.45, 7) is -2.35. The molecule has 0 unspecified atom stereocenters. The molecule has 2 aromatic heterocycles. The van der Waals surface area contributed by atoms with Crippen molar-refractivity contribution >= 4 is 16.9 Å². The van der Waals surface area contributed by atoms with Crippen LogP contribution in [0.15, 0.2) is 36.8 Å². The van der Waals surface area contributed by atoms with Crippen molar-refractivity contribution in [3.63, 3.8) is 0 Å². The number of alkyl halides is 2. The molecule has 0 aliphatic heterocycles. The number of halogens is 2. The molecule has 3 aromatic rings. The van der Waals surface area contributed by atoms with E-state index in [4.69, 9.17) is 0 Å². The van der Waals surface area contributed by atoms with E-state index >= 15 is 0 Å². The van der Waals surface area contributed by atoms with E-state index in [-0.39, 0.29) is 5.75 Å². The Morgan fingerprint density at radius 1 is 1.32 bits per heavy atom. The number of nitrogens with zero attached hydrogens (tertiary/aromatic N) is 4. The van der Waals surface area contributed by atoms with Crippen LogP contribution in [0.4, 0.5) is 14.6 Å². The zero-order valence-electron chi connectivity index (χ0n) is 11.7. The third-order valence-corrected chi connectivity index (χ3v) is 3.13. The molecule has 0 aliphatic rings. The van der Waals surface area contributed by atoms with Crippen LogP contribution in [0.2, 0.25) is 0 Å². The van der Waals surface area contributed by atoms with Crippen molar-refractivity contribution in [1.29, 1.82) is 0 Å². The summed E-state index contributed by atoms with van der Waals surface area (Å²) in [6, 6.07) is 6.59. The number of aromatic amines is 1. The van der Waals surface area contributed by atoms with Crippen LogP contribution in [0.1, 0.15) is 5.56 Å². The van der Waals surface area contributed by atoms with Gasteiger partial charge >= 0.3 is 6.61 Å². The lowest BCUT2D eigenvalue weighted by molar-refractivity contribution is -0.0498. The minimum absolute atomic E-state index is 0.136. The van der Waals surface area contributed by atoms with Crippen molar-refractivity contribution in [2.75, 3.05) is 11.9 Å². The molecule has 6 nitrogen and oxygen atoms in total. The van der Waals surface area contributed by atoms with E-state index in [0.717, 1.165) is 10.9 Å². The van der Waals surface area contributed by atoms with Gasteiger partial charge in [0.05, 0.1) is 11.6 Å². The number of rotatable bonds is 5. The molecular formula is C14H13F2N5O. The minimum Gasteiger partial charge on any atom is -0.435 e. The molecule has 0 saturated heterocycles. The number of nitrogens with one attached hydrogen (secondary N) is 1. The summed E-state index contributed by atoms with van der Waals surface area (Å²) in [5.74, 6) is 0.843. The largest absolute Gasteiger partial charge is 0.435 e. The van der Waals surface area contributed by atoms with Crippen LogP contribution in [0.25, 0.3) is 11.0 Å². The summed E-state index contributed by atoms with van der Waals surface area (Å²) in [4.78, 5) is 10.2. The highest BCUT2D eigenvalue weighted by Gasteiger charge is 2.11. The Morgan fingerprint density at radius 3 is 3.00 bits per heavy atom. The molecule has 0 atom stereocenters. The van der Waals surface area contributed by atoms with Crippen molar-refractivity contribution < 1.29 is 13.5 Å².